The number of ether oxygens (including phenoxy) is 2. The number of carbonyl (C=O) groups is 2. The third-order valence-corrected chi connectivity index (χ3v) is 5.11. The Labute approximate surface area is 182 Å². The summed E-state index contributed by atoms with van der Waals surface area (Å²) in [6, 6.07) is 8.07. The van der Waals surface area contributed by atoms with Gasteiger partial charge in [-0.3, -0.25) is 14.6 Å². The number of aliphatic hydroxyl groups is 1. The summed E-state index contributed by atoms with van der Waals surface area (Å²) in [6.07, 6.45) is 3.21. The number of aliphatic hydroxyl groups excluding tert-OH is 1. The lowest BCUT2D eigenvalue weighted by molar-refractivity contribution is -0.140. The first-order chi connectivity index (χ1) is 14.8. The van der Waals surface area contributed by atoms with Crippen molar-refractivity contribution in [3.63, 3.8) is 0 Å². The molecule has 0 unspecified atom stereocenters. The standard InChI is InChI=1S/C24H28N2O5/c1-15(2)14-31-18-7-8-19(16(3)12-18)22(27)20-21(17-6-5-9-25-13-17)26(10-11-30-4)24(29)23(20)28/h5-9,12-13,15,21,27H,10-11,14H2,1-4H3/b22-20+/t21-/m0/s1. The topological polar surface area (TPSA) is 89.0 Å². The first-order valence-corrected chi connectivity index (χ1v) is 10.3. The second-order valence-corrected chi connectivity index (χ2v) is 7.95. The number of rotatable bonds is 8. The molecule has 2 heterocycles. The Morgan fingerprint density at radius 2 is 2.03 bits per heavy atom. The summed E-state index contributed by atoms with van der Waals surface area (Å²) in [4.78, 5) is 31.2. The van der Waals surface area contributed by atoms with Gasteiger partial charge in [0.1, 0.15) is 11.5 Å². The fourth-order valence-electron chi connectivity index (χ4n) is 3.58. The predicted octanol–water partition coefficient (Wildman–Crippen LogP) is 3.49. The van der Waals surface area contributed by atoms with Crippen LogP contribution in [-0.2, 0) is 14.3 Å². The van der Waals surface area contributed by atoms with Gasteiger partial charge in [-0.15, -0.1) is 0 Å². The average molecular weight is 424 g/mol. The maximum absolute atomic E-state index is 12.9. The SMILES string of the molecule is COCCN1C(=O)C(=O)/C(=C(/O)c2ccc(OCC(C)C)cc2C)[C@@H]1c1cccnc1. The van der Waals surface area contributed by atoms with Crippen molar-refractivity contribution < 1.29 is 24.2 Å². The van der Waals surface area contributed by atoms with E-state index in [1.807, 2.05) is 13.0 Å². The van der Waals surface area contributed by atoms with Crippen LogP contribution >= 0.6 is 0 Å². The third-order valence-electron chi connectivity index (χ3n) is 5.11. The molecule has 1 aromatic heterocycles. The molecular weight excluding hydrogens is 396 g/mol. The molecule has 0 spiro atoms. The maximum atomic E-state index is 12.9. The van der Waals surface area contributed by atoms with E-state index in [9.17, 15) is 14.7 Å². The van der Waals surface area contributed by atoms with Crippen molar-refractivity contribution in [1.82, 2.24) is 9.88 Å². The Hall–Kier alpha value is -3.19. The van der Waals surface area contributed by atoms with E-state index in [0.29, 0.717) is 29.4 Å². The quantitative estimate of drug-likeness (QED) is 0.396. The fourth-order valence-corrected chi connectivity index (χ4v) is 3.58. The number of hydrogen-bond acceptors (Lipinski definition) is 6. The minimum absolute atomic E-state index is 0.0491. The second-order valence-electron chi connectivity index (χ2n) is 7.95. The summed E-state index contributed by atoms with van der Waals surface area (Å²) in [5, 5.41) is 11.2. The van der Waals surface area contributed by atoms with Crippen molar-refractivity contribution in [2.24, 2.45) is 5.92 Å². The number of hydrogen-bond donors (Lipinski definition) is 1. The van der Waals surface area contributed by atoms with Gasteiger partial charge in [0, 0.05) is 31.6 Å². The summed E-state index contributed by atoms with van der Waals surface area (Å²) in [6.45, 7) is 7.03. The largest absolute Gasteiger partial charge is 0.507 e. The Morgan fingerprint density at radius 3 is 2.65 bits per heavy atom. The monoisotopic (exact) mass is 424 g/mol. The van der Waals surface area contributed by atoms with Crippen molar-refractivity contribution in [2.75, 3.05) is 26.9 Å². The van der Waals surface area contributed by atoms with Gasteiger partial charge in [0.25, 0.3) is 11.7 Å². The number of ketones is 1. The van der Waals surface area contributed by atoms with Gasteiger partial charge in [-0.2, -0.15) is 0 Å². The van der Waals surface area contributed by atoms with Gasteiger partial charge >= 0.3 is 0 Å². The molecule has 164 valence electrons. The van der Waals surface area contributed by atoms with Crippen LogP contribution in [0.5, 0.6) is 5.75 Å². The zero-order chi connectivity index (χ0) is 22.5. The molecular formula is C24H28N2O5. The molecule has 0 bridgehead atoms. The van der Waals surface area contributed by atoms with Crippen LogP contribution in [0.15, 0.2) is 48.3 Å². The second kappa shape index (κ2) is 9.75. The van der Waals surface area contributed by atoms with Crippen LogP contribution in [0.25, 0.3) is 5.76 Å². The van der Waals surface area contributed by atoms with Crippen molar-refractivity contribution in [3.8, 4) is 5.75 Å². The van der Waals surface area contributed by atoms with Gasteiger partial charge < -0.3 is 19.5 Å². The van der Waals surface area contributed by atoms with Gasteiger partial charge in [-0.1, -0.05) is 19.9 Å². The van der Waals surface area contributed by atoms with Gasteiger partial charge in [-0.05, 0) is 48.2 Å². The highest BCUT2D eigenvalue weighted by Gasteiger charge is 2.46. The fraction of sp³-hybridized carbons (Fsp3) is 0.375. The summed E-state index contributed by atoms with van der Waals surface area (Å²) in [7, 11) is 1.53. The Kier molecular flexibility index (Phi) is 7.07. The molecule has 1 atom stereocenters. The molecule has 1 aliphatic rings. The first kappa shape index (κ1) is 22.5. The number of methoxy groups -OCH3 is 1. The highest BCUT2D eigenvalue weighted by Crippen LogP contribution is 2.39. The van der Waals surface area contributed by atoms with E-state index in [1.165, 1.54) is 12.0 Å². The average Bonchev–Trinajstić information content (AvgIpc) is 3.01. The molecule has 2 aromatic rings. The zero-order valence-corrected chi connectivity index (χ0v) is 18.3. The van der Waals surface area contributed by atoms with E-state index < -0.39 is 17.7 Å². The molecule has 1 saturated heterocycles. The van der Waals surface area contributed by atoms with Gasteiger partial charge in [0.05, 0.1) is 24.8 Å². The van der Waals surface area contributed by atoms with Gasteiger partial charge in [-0.25, -0.2) is 0 Å². The molecule has 7 heteroatoms. The van der Waals surface area contributed by atoms with E-state index in [1.54, 1.807) is 36.7 Å². The van der Waals surface area contributed by atoms with Crippen molar-refractivity contribution >= 4 is 17.4 Å². The number of pyridine rings is 1. The molecule has 0 aliphatic carbocycles. The number of benzene rings is 1. The number of Topliss-reactive ketones (excluding diaryl/α,β-unsaturated/α-hetero) is 1. The molecule has 1 N–H and O–H groups in total. The number of carbonyl (C=O) groups excluding carboxylic acids is 2. The molecule has 7 nitrogen and oxygen atoms in total. The number of aromatic nitrogens is 1. The van der Waals surface area contributed by atoms with Crippen LogP contribution in [0.2, 0.25) is 0 Å². The molecule has 1 aliphatic heterocycles. The van der Waals surface area contributed by atoms with E-state index in [-0.39, 0.29) is 24.5 Å². The van der Waals surface area contributed by atoms with E-state index in [4.69, 9.17) is 9.47 Å². The number of nitrogens with zero attached hydrogens (tertiary/aromatic N) is 2. The number of likely N-dealkylation sites (tertiary alicyclic amines) is 1. The summed E-state index contributed by atoms with van der Waals surface area (Å²) in [5.74, 6) is -0.521. The Morgan fingerprint density at radius 1 is 1.26 bits per heavy atom. The lowest BCUT2D eigenvalue weighted by Crippen LogP contribution is -2.32. The molecule has 1 fully saturated rings. The lowest BCUT2D eigenvalue weighted by atomic mass is 9.94. The minimum atomic E-state index is -0.736. The van der Waals surface area contributed by atoms with Crippen LogP contribution < -0.4 is 4.74 Å². The summed E-state index contributed by atoms with van der Waals surface area (Å²) < 4.78 is 10.9. The first-order valence-electron chi connectivity index (χ1n) is 10.3. The van der Waals surface area contributed by atoms with Crippen LogP contribution in [0, 0.1) is 12.8 Å². The third kappa shape index (κ3) is 4.77. The van der Waals surface area contributed by atoms with Gasteiger partial charge in [0.2, 0.25) is 0 Å². The van der Waals surface area contributed by atoms with Crippen molar-refractivity contribution in [2.45, 2.75) is 26.8 Å². The smallest absolute Gasteiger partial charge is 0.295 e. The van der Waals surface area contributed by atoms with Crippen LogP contribution in [0.3, 0.4) is 0 Å². The normalized spacial score (nSPS) is 18.1. The van der Waals surface area contributed by atoms with Crippen LogP contribution in [-0.4, -0.2) is 53.5 Å². The molecule has 1 amide bonds. The highest BCUT2D eigenvalue weighted by atomic mass is 16.5. The summed E-state index contributed by atoms with van der Waals surface area (Å²) >= 11 is 0. The molecule has 3 rings (SSSR count). The minimum Gasteiger partial charge on any atom is -0.507 e. The van der Waals surface area contributed by atoms with E-state index >= 15 is 0 Å². The van der Waals surface area contributed by atoms with Crippen LogP contribution in [0.1, 0.15) is 36.6 Å². The lowest BCUT2D eigenvalue weighted by Gasteiger charge is -2.24. The summed E-state index contributed by atoms with van der Waals surface area (Å²) in [5.41, 5.74) is 1.92. The van der Waals surface area contributed by atoms with E-state index in [2.05, 4.69) is 18.8 Å². The Balaban J connectivity index is 2.06. The van der Waals surface area contributed by atoms with Gasteiger partial charge in [0.15, 0.2) is 0 Å². The maximum Gasteiger partial charge on any atom is 0.295 e. The van der Waals surface area contributed by atoms with Crippen molar-refractivity contribution in [3.05, 3.63) is 65.0 Å². The molecule has 31 heavy (non-hydrogen) atoms. The molecule has 1 aromatic carbocycles. The Bertz CT molecular complexity index is 985. The molecule has 0 saturated carbocycles. The zero-order valence-electron chi connectivity index (χ0n) is 18.3. The van der Waals surface area contributed by atoms with Crippen molar-refractivity contribution in [1.29, 1.82) is 0 Å². The van der Waals surface area contributed by atoms with Crippen LogP contribution in [0.4, 0.5) is 0 Å². The molecule has 0 radical (unpaired) electrons. The van der Waals surface area contributed by atoms with E-state index in [0.717, 1.165) is 5.56 Å². The number of amides is 1. The highest BCUT2D eigenvalue weighted by molar-refractivity contribution is 6.46. The number of aryl methyl sites for hydroxylation is 1. The predicted molar refractivity (Wildman–Crippen MR) is 117 cm³/mol.